The van der Waals surface area contributed by atoms with E-state index >= 15 is 0 Å². The number of para-hydroxylation sites is 2. The molecule has 6 rings (SSSR count). The van der Waals surface area contributed by atoms with Crippen molar-refractivity contribution in [2.24, 2.45) is 0 Å². The van der Waals surface area contributed by atoms with Crippen LogP contribution >= 0.6 is 0 Å². The molecule has 10 heteroatoms. The number of aliphatic carboxylic acids is 1. The van der Waals surface area contributed by atoms with Crippen molar-refractivity contribution in [3.63, 3.8) is 0 Å². The van der Waals surface area contributed by atoms with Crippen molar-refractivity contribution in [2.45, 2.75) is 31.6 Å². The molecule has 1 aromatic heterocycles. The second-order valence-corrected chi connectivity index (χ2v) is 11.0. The molecule has 7 nitrogen and oxygen atoms in total. The standard InChI is InChI=1S/C30H35N5.C2HF3O2/c1-33-15-13-27(14-16-33)35-19-17-34(18-20-35)22-23-5-4-6-26(21-23)24-9-11-25(12-10-24)30-31-28-7-2-3-8-29(28)32-30;3-2(4,5)1(6)7/h2-12,21,27H,13-20,22H2,1H3,(H,31,32);(H,6,7). The van der Waals surface area contributed by atoms with Crippen LogP contribution in [0.4, 0.5) is 13.2 Å². The Kier molecular flexibility index (Phi) is 9.25. The van der Waals surface area contributed by atoms with E-state index < -0.39 is 12.1 Å². The lowest BCUT2D eigenvalue weighted by Crippen LogP contribution is -2.52. The van der Waals surface area contributed by atoms with Gasteiger partial charge < -0.3 is 15.0 Å². The van der Waals surface area contributed by atoms with Crippen molar-refractivity contribution in [3.8, 4) is 22.5 Å². The van der Waals surface area contributed by atoms with Crippen LogP contribution in [0.3, 0.4) is 0 Å². The first kappa shape index (κ1) is 29.8. The zero-order valence-electron chi connectivity index (χ0n) is 23.6. The number of nitrogens with one attached hydrogen (secondary N) is 1. The van der Waals surface area contributed by atoms with Gasteiger partial charge in [0.1, 0.15) is 5.82 Å². The van der Waals surface area contributed by atoms with Crippen LogP contribution in [0.15, 0.2) is 72.8 Å². The number of aromatic amines is 1. The highest BCUT2D eigenvalue weighted by Crippen LogP contribution is 2.26. The van der Waals surface area contributed by atoms with Gasteiger partial charge in [0.05, 0.1) is 11.0 Å². The van der Waals surface area contributed by atoms with E-state index in [9.17, 15) is 13.2 Å². The molecule has 0 radical (unpaired) electrons. The molecule has 2 aliphatic heterocycles. The van der Waals surface area contributed by atoms with E-state index in [0.29, 0.717) is 0 Å². The number of carboxylic acids is 1. The second-order valence-electron chi connectivity index (χ2n) is 11.0. The van der Waals surface area contributed by atoms with Crippen molar-refractivity contribution < 1.29 is 23.1 Å². The minimum absolute atomic E-state index is 0.791. The number of alkyl halides is 3. The minimum Gasteiger partial charge on any atom is -0.475 e. The molecule has 0 atom stereocenters. The molecule has 222 valence electrons. The number of nitrogens with zero attached hydrogens (tertiary/aromatic N) is 4. The number of carboxylic acid groups (broad SMARTS) is 1. The van der Waals surface area contributed by atoms with E-state index in [1.54, 1.807) is 0 Å². The predicted molar refractivity (Wildman–Crippen MR) is 158 cm³/mol. The number of halogens is 3. The van der Waals surface area contributed by atoms with Crippen LogP contribution in [0.1, 0.15) is 18.4 Å². The zero-order chi connectivity index (χ0) is 29.7. The van der Waals surface area contributed by atoms with E-state index in [1.165, 1.54) is 68.8 Å². The van der Waals surface area contributed by atoms with Gasteiger partial charge in [0.2, 0.25) is 0 Å². The molecule has 2 aliphatic rings. The molecule has 0 amide bonds. The third-order valence-electron chi connectivity index (χ3n) is 8.07. The number of hydrogen-bond donors (Lipinski definition) is 2. The van der Waals surface area contributed by atoms with E-state index in [-0.39, 0.29) is 0 Å². The lowest BCUT2D eigenvalue weighted by molar-refractivity contribution is -0.192. The predicted octanol–water partition coefficient (Wildman–Crippen LogP) is 5.74. The number of rotatable bonds is 5. The highest BCUT2D eigenvalue weighted by Gasteiger charge is 2.38. The van der Waals surface area contributed by atoms with Crippen LogP contribution in [0.2, 0.25) is 0 Å². The fourth-order valence-corrected chi connectivity index (χ4v) is 5.66. The van der Waals surface area contributed by atoms with E-state index in [0.717, 1.165) is 35.0 Å². The van der Waals surface area contributed by atoms with Crippen molar-refractivity contribution in [2.75, 3.05) is 46.3 Å². The Hall–Kier alpha value is -3.73. The SMILES string of the molecule is CN1CCC(N2CCN(Cc3cccc(-c4ccc(-c5nc6ccccc6[nH]5)cc4)c3)CC2)CC1.O=C(O)C(F)(F)F. The average molecular weight is 580 g/mol. The highest BCUT2D eigenvalue weighted by atomic mass is 19.4. The van der Waals surface area contributed by atoms with Gasteiger partial charge in [0.25, 0.3) is 0 Å². The maximum atomic E-state index is 10.6. The summed E-state index contributed by atoms with van der Waals surface area (Å²) in [4.78, 5) is 24.9. The van der Waals surface area contributed by atoms with Gasteiger partial charge in [0.15, 0.2) is 0 Å². The molecule has 3 aromatic carbocycles. The smallest absolute Gasteiger partial charge is 0.475 e. The van der Waals surface area contributed by atoms with Crippen molar-refractivity contribution in [1.82, 2.24) is 24.7 Å². The van der Waals surface area contributed by atoms with Crippen LogP contribution in [0.5, 0.6) is 0 Å². The van der Waals surface area contributed by atoms with Crippen molar-refractivity contribution in [3.05, 3.63) is 78.4 Å². The summed E-state index contributed by atoms with van der Waals surface area (Å²) in [5.41, 5.74) is 7.13. The number of fused-ring (bicyclic) bond motifs is 1. The Labute approximate surface area is 243 Å². The normalized spacial score (nSPS) is 17.6. The molecular weight excluding hydrogens is 543 g/mol. The summed E-state index contributed by atoms with van der Waals surface area (Å²) in [6.45, 7) is 8.28. The maximum absolute atomic E-state index is 10.6. The van der Waals surface area contributed by atoms with Gasteiger partial charge in [-0.2, -0.15) is 13.2 Å². The lowest BCUT2D eigenvalue weighted by Gasteiger charge is -2.42. The summed E-state index contributed by atoms with van der Waals surface area (Å²) in [7, 11) is 2.25. The summed E-state index contributed by atoms with van der Waals surface area (Å²) in [6, 6.07) is 26.8. The quantitative estimate of drug-likeness (QED) is 0.314. The van der Waals surface area contributed by atoms with Crippen LogP contribution in [-0.4, -0.2) is 94.3 Å². The zero-order valence-corrected chi connectivity index (χ0v) is 23.6. The van der Waals surface area contributed by atoms with Crippen LogP contribution < -0.4 is 0 Å². The van der Waals surface area contributed by atoms with Crippen LogP contribution in [0, 0.1) is 0 Å². The molecule has 2 N–H and O–H groups in total. The fourth-order valence-electron chi connectivity index (χ4n) is 5.66. The number of aromatic nitrogens is 2. The Morgan fingerprint density at radius 1 is 0.881 bits per heavy atom. The van der Waals surface area contributed by atoms with Crippen molar-refractivity contribution >= 4 is 17.0 Å². The van der Waals surface area contributed by atoms with E-state index in [2.05, 4.69) is 81.3 Å². The topological polar surface area (TPSA) is 75.7 Å². The molecule has 0 unspecified atom stereocenters. The van der Waals surface area contributed by atoms with Gasteiger partial charge >= 0.3 is 12.1 Å². The van der Waals surface area contributed by atoms with E-state index in [1.807, 2.05) is 18.2 Å². The third-order valence-corrected chi connectivity index (χ3v) is 8.07. The molecule has 2 saturated heterocycles. The molecule has 0 bridgehead atoms. The molecule has 0 saturated carbocycles. The number of imidazole rings is 1. The first-order valence-electron chi connectivity index (χ1n) is 14.3. The maximum Gasteiger partial charge on any atom is 0.490 e. The Balaban J connectivity index is 0.000000451. The first-order valence-corrected chi connectivity index (χ1v) is 14.3. The number of piperidine rings is 1. The lowest BCUT2D eigenvalue weighted by atomic mass is 10.0. The summed E-state index contributed by atoms with van der Waals surface area (Å²) in [5.74, 6) is -1.83. The van der Waals surface area contributed by atoms with Gasteiger partial charge in [-0.1, -0.05) is 54.6 Å². The van der Waals surface area contributed by atoms with Gasteiger partial charge in [-0.15, -0.1) is 0 Å². The Morgan fingerprint density at radius 2 is 1.52 bits per heavy atom. The molecular formula is C32H36F3N5O2. The third kappa shape index (κ3) is 7.56. The fraction of sp³-hybridized carbons (Fsp3) is 0.375. The van der Waals surface area contributed by atoms with Gasteiger partial charge in [-0.25, -0.2) is 9.78 Å². The minimum atomic E-state index is -5.08. The monoisotopic (exact) mass is 579 g/mol. The Morgan fingerprint density at radius 3 is 2.17 bits per heavy atom. The van der Waals surface area contributed by atoms with E-state index in [4.69, 9.17) is 14.9 Å². The largest absolute Gasteiger partial charge is 0.490 e. The second kappa shape index (κ2) is 13.1. The van der Waals surface area contributed by atoms with Crippen LogP contribution in [-0.2, 0) is 11.3 Å². The molecule has 0 aliphatic carbocycles. The average Bonchev–Trinajstić information content (AvgIpc) is 3.43. The summed E-state index contributed by atoms with van der Waals surface area (Å²) >= 11 is 0. The van der Waals surface area contributed by atoms with Crippen LogP contribution in [0.25, 0.3) is 33.5 Å². The highest BCUT2D eigenvalue weighted by molar-refractivity contribution is 5.79. The number of likely N-dealkylation sites (tertiary alicyclic amines) is 1. The van der Waals surface area contributed by atoms with Gasteiger partial charge in [-0.3, -0.25) is 9.80 Å². The molecule has 3 heterocycles. The van der Waals surface area contributed by atoms with Gasteiger partial charge in [-0.05, 0) is 67.9 Å². The number of benzene rings is 3. The summed E-state index contributed by atoms with van der Waals surface area (Å²) < 4.78 is 31.7. The van der Waals surface area contributed by atoms with Crippen molar-refractivity contribution in [1.29, 1.82) is 0 Å². The molecule has 4 aromatic rings. The van der Waals surface area contributed by atoms with Gasteiger partial charge in [0, 0.05) is 44.3 Å². The number of H-pyrrole nitrogens is 1. The number of piperazine rings is 1. The molecule has 42 heavy (non-hydrogen) atoms. The molecule has 2 fully saturated rings. The Bertz CT molecular complexity index is 1440. The summed E-state index contributed by atoms with van der Waals surface area (Å²) in [5, 5.41) is 7.12. The number of carbonyl (C=O) groups is 1. The summed E-state index contributed by atoms with van der Waals surface area (Å²) in [6.07, 6.45) is -2.43. The first-order chi connectivity index (χ1) is 20.2. The number of hydrogen-bond acceptors (Lipinski definition) is 5. The molecule has 0 spiro atoms.